The molecule has 8 heteroatoms. The summed E-state index contributed by atoms with van der Waals surface area (Å²) in [5.74, 6) is -0.00717. The van der Waals surface area contributed by atoms with Crippen molar-refractivity contribution in [3.8, 4) is 5.75 Å². The first-order chi connectivity index (χ1) is 18.8. The van der Waals surface area contributed by atoms with E-state index in [-0.39, 0.29) is 12.3 Å². The van der Waals surface area contributed by atoms with E-state index in [9.17, 15) is 9.36 Å². The summed E-state index contributed by atoms with van der Waals surface area (Å²) < 4.78 is 27.6. The largest absolute Gasteiger partial charge is 0.462 e. The standard InChI is InChI=1S/C31H32N3O4P/c1-22(2)37-31(35)23(3)33-39(36,38-26-10-5-4-6-11-26)21-25-17-15-24(16-18-25)20-34-28-13-8-7-12-27(28)30-29(34)14-9-19-32-30/h4-19,22-23H,20-21H2,1-3H3,(H,33,36)/t23-,39?/m0/s1. The molecule has 0 aliphatic carbocycles. The van der Waals surface area contributed by atoms with Crippen LogP contribution in [0.3, 0.4) is 0 Å². The molecule has 1 N–H and O–H groups in total. The molecule has 5 rings (SSSR count). The van der Waals surface area contributed by atoms with Crippen molar-refractivity contribution in [2.45, 2.75) is 45.6 Å². The fraction of sp³-hybridized carbons (Fsp3) is 0.226. The number of carbonyl (C=O) groups is 1. The number of esters is 1. The van der Waals surface area contributed by atoms with Crippen LogP contribution >= 0.6 is 7.52 Å². The fourth-order valence-corrected chi connectivity index (χ4v) is 6.70. The van der Waals surface area contributed by atoms with E-state index in [0.717, 1.165) is 33.1 Å². The highest BCUT2D eigenvalue weighted by molar-refractivity contribution is 7.56. The molecule has 0 aliphatic heterocycles. The van der Waals surface area contributed by atoms with Crippen LogP contribution in [-0.4, -0.2) is 27.7 Å². The topological polar surface area (TPSA) is 82.5 Å². The molecule has 3 aromatic carbocycles. The second-order valence-electron chi connectivity index (χ2n) is 9.86. The summed E-state index contributed by atoms with van der Waals surface area (Å²) in [6.07, 6.45) is 1.66. The molecule has 0 saturated carbocycles. The van der Waals surface area contributed by atoms with E-state index in [1.165, 1.54) is 0 Å². The Morgan fingerprint density at radius 2 is 1.54 bits per heavy atom. The van der Waals surface area contributed by atoms with E-state index in [0.29, 0.717) is 12.3 Å². The summed E-state index contributed by atoms with van der Waals surface area (Å²) in [6, 6.07) is 28.5. The molecule has 0 amide bonds. The molecule has 0 spiro atoms. The Morgan fingerprint density at radius 1 is 0.872 bits per heavy atom. The normalized spacial score (nSPS) is 13.8. The third-order valence-corrected chi connectivity index (χ3v) is 8.44. The number of nitrogens with zero attached hydrogens (tertiary/aromatic N) is 2. The summed E-state index contributed by atoms with van der Waals surface area (Å²) in [6.45, 7) is 5.87. The maximum absolute atomic E-state index is 14.0. The van der Waals surface area contributed by atoms with Gasteiger partial charge in [-0.15, -0.1) is 0 Å². The van der Waals surface area contributed by atoms with E-state index in [2.05, 4.69) is 32.8 Å². The van der Waals surface area contributed by atoms with Gasteiger partial charge in [0.15, 0.2) is 0 Å². The van der Waals surface area contributed by atoms with E-state index in [4.69, 9.17) is 9.26 Å². The summed E-state index contributed by atoms with van der Waals surface area (Å²) in [7, 11) is -3.52. The van der Waals surface area contributed by atoms with Gasteiger partial charge in [-0.25, -0.2) is 5.09 Å². The van der Waals surface area contributed by atoms with Gasteiger partial charge in [-0.05, 0) is 62.2 Å². The van der Waals surface area contributed by atoms with Gasteiger partial charge in [-0.3, -0.25) is 14.3 Å². The Hall–Kier alpha value is -3.93. The van der Waals surface area contributed by atoms with Crippen LogP contribution in [0, 0.1) is 0 Å². The Balaban J connectivity index is 1.38. The number of fused-ring (bicyclic) bond motifs is 3. The second-order valence-corrected chi connectivity index (χ2v) is 12.0. The zero-order chi connectivity index (χ0) is 27.4. The van der Waals surface area contributed by atoms with E-state index in [1.807, 2.05) is 66.9 Å². The fourth-order valence-electron chi connectivity index (χ4n) is 4.64. The first-order valence-electron chi connectivity index (χ1n) is 13.0. The molecule has 7 nitrogen and oxygen atoms in total. The molecule has 0 aliphatic rings. The summed E-state index contributed by atoms with van der Waals surface area (Å²) in [5, 5.41) is 4.06. The first kappa shape index (κ1) is 26.7. The lowest BCUT2D eigenvalue weighted by Crippen LogP contribution is -2.36. The minimum absolute atomic E-state index is 0.112. The van der Waals surface area contributed by atoms with Crippen LogP contribution in [0.25, 0.3) is 21.9 Å². The molecule has 0 saturated heterocycles. The number of rotatable bonds is 10. The molecule has 1 unspecified atom stereocenters. The van der Waals surface area contributed by atoms with Crippen molar-refractivity contribution < 1.29 is 18.6 Å². The maximum Gasteiger partial charge on any atom is 0.323 e. The van der Waals surface area contributed by atoms with Crippen LogP contribution in [0.15, 0.2) is 97.2 Å². The molecule has 5 aromatic rings. The second kappa shape index (κ2) is 11.4. The SMILES string of the molecule is CC(C)OC(=O)[C@H](C)NP(=O)(Cc1ccc(Cn2c3ccccc3c3ncccc32)cc1)Oc1ccccc1. The van der Waals surface area contributed by atoms with Gasteiger partial charge in [0.25, 0.3) is 0 Å². The van der Waals surface area contributed by atoms with Crippen LogP contribution in [-0.2, 0) is 26.8 Å². The average molecular weight is 542 g/mol. The van der Waals surface area contributed by atoms with Crippen molar-refractivity contribution in [3.63, 3.8) is 0 Å². The number of hydrogen-bond acceptors (Lipinski definition) is 5. The summed E-state index contributed by atoms with van der Waals surface area (Å²) in [5.41, 5.74) is 5.13. The van der Waals surface area contributed by atoms with Crippen molar-refractivity contribution in [1.82, 2.24) is 14.6 Å². The number of carbonyl (C=O) groups excluding carboxylic acids is 1. The lowest BCUT2D eigenvalue weighted by molar-refractivity contribution is -0.149. The van der Waals surface area contributed by atoms with Crippen LogP contribution in [0.2, 0.25) is 0 Å². The van der Waals surface area contributed by atoms with Crippen molar-refractivity contribution in [1.29, 1.82) is 0 Å². The van der Waals surface area contributed by atoms with Crippen molar-refractivity contribution in [3.05, 3.63) is 108 Å². The molecule has 2 heterocycles. The Kier molecular flexibility index (Phi) is 7.82. The minimum atomic E-state index is -3.52. The smallest absolute Gasteiger partial charge is 0.323 e. The quantitative estimate of drug-likeness (QED) is 0.152. The number of hydrogen-bond donors (Lipinski definition) is 1. The molecule has 0 fully saturated rings. The highest BCUT2D eigenvalue weighted by Gasteiger charge is 2.31. The van der Waals surface area contributed by atoms with Gasteiger partial charge in [-0.1, -0.05) is 60.7 Å². The monoisotopic (exact) mass is 541 g/mol. The zero-order valence-corrected chi connectivity index (χ0v) is 23.2. The molecule has 0 radical (unpaired) electrons. The molecular weight excluding hydrogens is 509 g/mol. The average Bonchev–Trinajstić information content (AvgIpc) is 3.23. The van der Waals surface area contributed by atoms with Gasteiger partial charge in [0.1, 0.15) is 11.8 Å². The van der Waals surface area contributed by atoms with Crippen LogP contribution in [0.1, 0.15) is 31.9 Å². The summed E-state index contributed by atoms with van der Waals surface area (Å²) >= 11 is 0. The first-order valence-corrected chi connectivity index (χ1v) is 14.8. The molecular formula is C31H32N3O4P. The Bertz CT molecular complexity index is 1580. The van der Waals surface area contributed by atoms with Crippen LogP contribution < -0.4 is 9.61 Å². The Morgan fingerprint density at radius 3 is 2.28 bits per heavy atom. The third-order valence-electron chi connectivity index (χ3n) is 6.37. The van der Waals surface area contributed by atoms with Gasteiger partial charge in [-0.2, -0.15) is 0 Å². The van der Waals surface area contributed by atoms with Gasteiger partial charge in [0.05, 0.1) is 28.8 Å². The van der Waals surface area contributed by atoms with Crippen molar-refractivity contribution in [2.24, 2.45) is 0 Å². The van der Waals surface area contributed by atoms with Gasteiger partial charge in [0.2, 0.25) is 0 Å². The van der Waals surface area contributed by atoms with Crippen LogP contribution in [0.4, 0.5) is 0 Å². The number of para-hydroxylation sites is 2. The zero-order valence-electron chi connectivity index (χ0n) is 22.3. The van der Waals surface area contributed by atoms with Crippen LogP contribution in [0.5, 0.6) is 5.75 Å². The molecule has 2 atom stereocenters. The van der Waals surface area contributed by atoms with E-state index >= 15 is 0 Å². The lowest BCUT2D eigenvalue weighted by Gasteiger charge is -2.24. The number of nitrogens with one attached hydrogen (secondary N) is 1. The molecule has 200 valence electrons. The molecule has 39 heavy (non-hydrogen) atoms. The molecule has 2 aromatic heterocycles. The van der Waals surface area contributed by atoms with E-state index < -0.39 is 19.5 Å². The summed E-state index contributed by atoms with van der Waals surface area (Å²) in [4.78, 5) is 17.1. The highest BCUT2D eigenvalue weighted by atomic mass is 31.2. The maximum atomic E-state index is 14.0. The van der Waals surface area contributed by atoms with Gasteiger partial charge >= 0.3 is 13.5 Å². The predicted molar refractivity (Wildman–Crippen MR) is 155 cm³/mol. The Labute approximate surface area is 228 Å². The third kappa shape index (κ3) is 6.22. The predicted octanol–water partition coefficient (Wildman–Crippen LogP) is 6.94. The number of pyridine rings is 1. The number of benzene rings is 3. The number of ether oxygens (including phenoxy) is 1. The highest BCUT2D eigenvalue weighted by Crippen LogP contribution is 2.47. The van der Waals surface area contributed by atoms with Gasteiger partial charge in [0, 0.05) is 18.1 Å². The minimum Gasteiger partial charge on any atom is -0.462 e. The van der Waals surface area contributed by atoms with Crippen molar-refractivity contribution >= 4 is 35.4 Å². The van der Waals surface area contributed by atoms with E-state index in [1.54, 1.807) is 32.9 Å². The van der Waals surface area contributed by atoms with Crippen molar-refractivity contribution in [2.75, 3.05) is 0 Å². The lowest BCUT2D eigenvalue weighted by atomic mass is 10.1. The number of aromatic nitrogens is 2. The molecule has 0 bridgehead atoms. The van der Waals surface area contributed by atoms with Gasteiger partial charge < -0.3 is 13.8 Å².